The van der Waals surface area contributed by atoms with Crippen molar-refractivity contribution in [3.8, 4) is 0 Å². The van der Waals surface area contributed by atoms with Gasteiger partial charge in [0.05, 0.1) is 11.7 Å². The lowest BCUT2D eigenvalue weighted by Crippen LogP contribution is -2.22. The maximum absolute atomic E-state index is 10.4. The van der Waals surface area contributed by atoms with Gasteiger partial charge in [-0.1, -0.05) is 45.0 Å². The van der Waals surface area contributed by atoms with E-state index in [1.165, 1.54) is 5.56 Å². The number of methoxy groups -OCH3 is 1. The van der Waals surface area contributed by atoms with Crippen LogP contribution in [0.2, 0.25) is 0 Å². The van der Waals surface area contributed by atoms with Gasteiger partial charge >= 0.3 is 0 Å². The SMILES string of the molecule is COC(C)(C)CCC(C)c1ccc(C(O)CCC(C)(C)CO)cc1. The third-order valence-electron chi connectivity index (χ3n) is 5.14. The van der Waals surface area contributed by atoms with Crippen molar-refractivity contribution >= 4 is 0 Å². The van der Waals surface area contributed by atoms with Crippen LogP contribution in [0.3, 0.4) is 0 Å². The molecule has 0 spiro atoms. The van der Waals surface area contributed by atoms with Gasteiger partial charge in [0.1, 0.15) is 0 Å². The van der Waals surface area contributed by atoms with E-state index in [2.05, 4.69) is 32.9 Å². The molecule has 1 aromatic carbocycles. The van der Waals surface area contributed by atoms with E-state index in [9.17, 15) is 10.2 Å². The molecular formula is C21H36O3. The second-order valence-electron chi connectivity index (χ2n) is 8.45. The van der Waals surface area contributed by atoms with Crippen LogP contribution in [0.1, 0.15) is 83.5 Å². The zero-order valence-corrected chi connectivity index (χ0v) is 16.3. The summed E-state index contributed by atoms with van der Waals surface area (Å²) in [6.45, 7) is 10.7. The number of rotatable bonds is 10. The topological polar surface area (TPSA) is 49.7 Å². The Bertz CT molecular complexity index is 431. The Balaban J connectivity index is 2.58. The van der Waals surface area contributed by atoms with Crippen LogP contribution < -0.4 is 0 Å². The van der Waals surface area contributed by atoms with Crippen LogP contribution in [0.15, 0.2) is 24.3 Å². The lowest BCUT2D eigenvalue weighted by molar-refractivity contribution is 0.0127. The third kappa shape index (κ3) is 6.92. The average Bonchev–Trinajstić information content (AvgIpc) is 2.58. The van der Waals surface area contributed by atoms with Gasteiger partial charge in [0.2, 0.25) is 0 Å². The normalized spacial score (nSPS) is 15.3. The summed E-state index contributed by atoms with van der Waals surface area (Å²) in [6, 6.07) is 8.31. The molecule has 3 heteroatoms. The van der Waals surface area contributed by atoms with E-state index >= 15 is 0 Å². The highest BCUT2D eigenvalue weighted by Crippen LogP contribution is 2.30. The molecule has 0 saturated heterocycles. The molecule has 0 bridgehead atoms. The van der Waals surface area contributed by atoms with E-state index in [1.807, 2.05) is 26.0 Å². The predicted octanol–water partition coefficient (Wildman–Crippen LogP) is 4.83. The van der Waals surface area contributed by atoms with E-state index in [1.54, 1.807) is 7.11 Å². The summed E-state index contributed by atoms with van der Waals surface area (Å²) in [5.41, 5.74) is 2.04. The van der Waals surface area contributed by atoms with E-state index in [-0.39, 0.29) is 17.6 Å². The molecule has 0 aliphatic carbocycles. The number of aliphatic hydroxyl groups excluding tert-OH is 2. The lowest BCUT2D eigenvalue weighted by Gasteiger charge is -2.25. The molecule has 1 aromatic rings. The quantitative estimate of drug-likeness (QED) is 0.643. The van der Waals surface area contributed by atoms with E-state index in [4.69, 9.17) is 4.74 Å². The van der Waals surface area contributed by atoms with Crippen LogP contribution in [-0.4, -0.2) is 29.5 Å². The second kappa shape index (κ2) is 8.98. The van der Waals surface area contributed by atoms with Gasteiger partial charge in [-0.05, 0) is 62.0 Å². The molecular weight excluding hydrogens is 300 g/mol. The molecule has 0 radical (unpaired) electrons. The van der Waals surface area contributed by atoms with Crippen LogP contribution in [0, 0.1) is 5.41 Å². The van der Waals surface area contributed by atoms with E-state index in [0.717, 1.165) is 24.8 Å². The molecule has 0 heterocycles. The van der Waals surface area contributed by atoms with Crippen molar-refractivity contribution in [2.24, 2.45) is 5.41 Å². The Morgan fingerprint density at radius 3 is 2.00 bits per heavy atom. The van der Waals surface area contributed by atoms with Crippen LogP contribution >= 0.6 is 0 Å². The van der Waals surface area contributed by atoms with Crippen molar-refractivity contribution in [3.05, 3.63) is 35.4 Å². The lowest BCUT2D eigenvalue weighted by atomic mass is 9.86. The molecule has 0 amide bonds. The van der Waals surface area contributed by atoms with Crippen LogP contribution in [0.4, 0.5) is 0 Å². The average molecular weight is 337 g/mol. The molecule has 3 nitrogen and oxygen atoms in total. The Labute approximate surface area is 148 Å². The van der Waals surface area contributed by atoms with Crippen molar-refractivity contribution in [2.45, 2.75) is 77.9 Å². The minimum Gasteiger partial charge on any atom is -0.396 e. The first-order chi connectivity index (χ1) is 11.1. The smallest absolute Gasteiger partial charge is 0.0790 e. The minimum atomic E-state index is -0.465. The first kappa shape index (κ1) is 21.1. The molecule has 2 unspecified atom stereocenters. The molecule has 138 valence electrons. The molecule has 24 heavy (non-hydrogen) atoms. The summed E-state index contributed by atoms with van der Waals surface area (Å²) in [7, 11) is 1.76. The number of aliphatic hydroxyl groups is 2. The maximum atomic E-state index is 10.4. The largest absolute Gasteiger partial charge is 0.396 e. The first-order valence-electron chi connectivity index (χ1n) is 9.04. The summed E-state index contributed by atoms with van der Waals surface area (Å²) >= 11 is 0. The van der Waals surface area contributed by atoms with Gasteiger partial charge in [-0.2, -0.15) is 0 Å². The van der Waals surface area contributed by atoms with Gasteiger partial charge in [0.25, 0.3) is 0 Å². The Kier molecular flexibility index (Phi) is 7.91. The van der Waals surface area contributed by atoms with Gasteiger partial charge in [0, 0.05) is 13.7 Å². The summed E-state index contributed by atoms with van der Waals surface area (Å²) < 4.78 is 5.49. The third-order valence-corrected chi connectivity index (χ3v) is 5.14. The Hall–Kier alpha value is -0.900. The highest BCUT2D eigenvalue weighted by atomic mass is 16.5. The standard InChI is InChI=1S/C21H36O3/c1-16(11-14-21(4,5)24-6)17-7-9-18(10-8-17)19(23)12-13-20(2,3)15-22/h7-10,16,19,22-23H,11-15H2,1-6H3. The van der Waals surface area contributed by atoms with Crippen molar-refractivity contribution < 1.29 is 14.9 Å². The van der Waals surface area contributed by atoms with Crippen molar-refractivity contribution in [1.29, 1.82) is 0 Å². The molecule has 0 aliphatic heterocycles. The fourth-order valence-electron chi connectivity index (χ4n) is 2.65. The number of hydrogen-bond acceptors (Lipinski definition) is 3. The molecule has 0 fully saturated rings. The zero-order valence-electron chi connectivity index (χ0n) is 16.3. The highest BCUT2D eigenvalue weighted by Gasteiger charge is 2.20. The van der Waals surface area contributed by atoms with Gasteiger partial charge < -0.3 is 14.9 Å². The van der Waals surface area contributed by atoms with Crippen molar-refractivity contribution in [2.75, 3.05) is 13.7 Å². The predicted molar refractivity (Wildman–Crippen MR) is 100 cm³/mol. The van der Waals surface area contributed by atoms with Crippen LogP contribution in [-0.2, 0) is 4.74 Å². The van der Waals surface area contributed by atoms with Crippen molar-refractivity contribution in [3.63, 3.8) is 0 Å². The molecule has 1 rings (SSSR count). The minimum absolute atomic E-state index is 0.0795. The van der Waals surface area contributed by atoms with Crippen LogP contribution in [0.5, 0.6) is 0 Å². The molecule has 0 saturated carbocycles. The number of ether oxygens (including phenoxy) is 1. The fourth-order valence-corrected chi connectivity index (χ4v) is 2.65. The maximum Gasteiger partial charge on any atom is 0.0790 e. The summed E-state index contributed by atoms with van der Waals surface area (Å²) in [5.74, 6) is 0.471. The highest BCUT2D eigenvalue weighted by molar-refractivity contribution is 5.26. The van der Waals surface area contributed by atoms with E-state index < -0.39 is 6.10 Å². The molecule has 0 aliphatic rings. The van der Waals surface area contributed by atoms with Gasteiger partial charge in [-0.25, -0.2) is 0 Å². The molecule has 2 N–H and O–H groups in total. The van der Waals surface area contributed by atoms with Gasteiger partial charge in [0.15, 0.2) is 0 Å². The van der Waals surface area contributed by atoms with Gasteiger partial charge in [-0.3, -0.25) is 0 Å². The molecule has 2 atom stereocenters. The van der Waals surface area contributed by atoms with Crippen molar-refractivity contribution in [1.82, 2.24) is 0 Å². The molecule has 0 aromatic heterocycles. The second-order valence-corrected chi connectivity index (χ2v) is 8.45. The zero-order chi connectivity index (χ0) is 18.4. The Morgan fingerprint density at radius 2 is 1.50 bits per heavy atom. The summed E-state index contributed by atoms with van der Waals surface area (Å²) in [5, 5.41) is 19.7. The van der Waals surface area contributed by atoms with E-state index in [0.29, 0.717) is 12.3 Å². The summed E-state index contributed by atoms with van der Waals surface area (Å²) in [6.07, 6.45) is 3.10. The first-order valence-corrected chi connectivity index (χ1v) is 9.04. The van der Waals surface area contributed by atoms with Gasteiger partial charge in [-0.15, -0.1) is 0 Å². The fraction of sp³-hybridized carbons (Fsp3) is 0.714. The monoisotopic (exact) mass is 336 g/mol. The summed E-state index contributed by atoms with van der Waals surface area (Å²) in [4.78, 5) is 0. The number of benzene rings is 1. The van der Waals surface area contributed by atoms with Crippen LogP contribution in [0.25, 0.3) is 0 Å². The Morgan fingerprint density at radius 1 is 0.958 bits per heavy atom. The number of hydrogen-bond donors (Lipinski definition) is 2.